The van der Waals surface area contributed by atoms with Gasteiger partial charge in [-0.05, 0) is 6.07 Å². The van der Waals surface area contributed by atoms with E-state index in [9.17, 15) is 4.79 Å². The molecule has 0 saturated carbocycles. The first-order chi connectivity index (χ1) is 8.70. The van der Waals surface area contributed by atoms with E-state index in [-0.39, 0.29) is 5.82 Å². The third-order valence-corrected chi connectivity index (χ3v) is 2.23. The molecule has 94 valence electrons. The summed E-state index contributed by atoms with van der Waals surface area (Å²) in [6.07, 6.45) is 3.09. The largest absolute Gasteiger partial charge is 0.463 e. The number of nitrogen functional groups attached to an aromatic ring is 1. The van der Waals surface area contributed by atoms with Crippen LogP contribution in [0.15, 0.2) is 18.5 Å². The lowest BCUT2D eigenvalue weighted by atomic mass is 10.3. The Hall–Kier alpha value is -2.64. The van der Waals surface area contributed by atoms with Crippen molar-refractivity contribution in [3.8, 4) is 0 Å². The predicted octanol–water partition coefficient (Wildman–Crippen LogP) is 0.181. The zero-order valence-electron chi connectivity index (χ0n) is 9.67. The second-order valence-electron chi connectivity index (χ2n) is 3.42. The normalized spacial score (nSPS) is 10.1. The SMILES string of the molecule is COC(=O)c1nccc(NCc2cn[nH]c2N)n1. The highest BCUT2D eigenvalue weighted by atomic mass is 16.5. The van der Waals surface area contributed by atoms with Crippen molar-refractivity contribution in [2.45, 2.75) is 6.54 Å². The third-order valence-electron chi connectivity index (χ3n) is 2.23. The number of methoxy groups -OCH3 is 1. The van der Waals surface area contributed by atoms with E-state index in [0.29, 0.717) is 18.2 Å². The molecule has 0 saturated heterocycles. The Labute approximate surface area is 103 Å². The molecule has 0 bridgehead atoms. The van der Waals surface area contributed by atoms with Crippen LogP contribution in [0, 0.1) is 0 Å². The average molecular weight is 248 g/mol. The summed E-state index contributed by atoms with van der Waals surface area (Å²) in [5, 5.41) is 9.43. The maximum Gasteiger partial charge on any atom is 0.376 e. The van der Waals surface area contributed by atoms with Crippen molar-refractivity contribution in [3.05, 3.63) is 29.8 Å². The topological polar surface area (TPSA) is 119 Å². The molecule has 0 spiro atoms. The molecule has 0 amide bonds. The molecule has 2 aromatic heterocycles. The van der Waals surface area contributed by atoms with Gasteiger partial charge in [0, 0.05) is 18.3 Å². The first kappa shape index (κ1) is 11.8. The fraction of sp³-hybridized carbons (Fsp3) is 0.200. The molecule has 0 radical (unpaired) electrons. The molecule has 4 N–H and O–H groups in total. The minimum absolute atomic E-state index is 0.00247. The van der Waals surface area contributed by atoms with Gasteiger partial charge in [0.05, 0.1) is 13.3 Å². The number of aromatic nitrogens is 4. The smallest absolute Gasteiger partial charge is 0.376 e. The summed E-state index contributed by atoms with van der Waals surface area (Å²) in [5.74, 6) is 0.417. The van der Waals surface area contributed by atoms with Gasteiger partial charge in [0.15, 0.2) is 0 Å². The van der Waals surface area contributed by atoms with E-state index in [1.807, 2.05) is 0 Å². The van der Waals surface area contributed by atoms with Gasteiger partial charge < -0.3 is 15.8 Å². The molecule has 0 aliphatic heterocycles. The fourth-order valence-electron chi connectivity index (χ4n) is 1.29. The number of nitrogens with one attached hydrogen (secondary N) is 2. The first-order valence-electron chi connectivity index (χ1n) is 5.13. The van der Waals surface area contributed by atoms with Crippen molar-refractivity contribution < 1.29 is 9.53 Å². The standard InChI is InChI=1S/C10H12N6O2/c1-18-10(17)9-12-3-2-7(15-9)13-4-6-5-14-16-8(6)11/h2-3,5H,4H2,1H3,(H3,11,14,16)(H,12,13,15). The molecule has 0 unspecified atom stereocenters. The highest BCUT2D eigenvalue weighted by molar-refractivity contribution is 5.85. The summed E-state index contributed by atoms with van der Waals surface area (Å²) in [6, 6.07) is 1.64. The molecular weight excluding hydrogens is 236 g/mol. The summed E-state index contributed by atoms with van der Waals surface area (Å²) in [7, 11) is 1.28. The minimum atomic E-state index is -0.582. The second kappa shape index (κ2) is 5.13. The number of carbonyl (C=O) groups is 1. The predicted molar refractivity (Wildman–Crippen MR) is 63.7 cm³/mol. The Morgan fingerprint density at radius 3 is 3.11 bits per heavy atom. The zero-order valence-corrected chi connectivity index (χ0v) is 9.67. The minimum Gasteiger partial charge on any atom is -0.463 e. The number of carbonyl (C=O) groups excluding carboxylic acids is 1. The van der Waals surface area contributed by atoms with Crippen molar-refractivity contribution in [2.75, 3.05) is 18.2 Å². The molecule has 0 aromatic carbocycles. The van der Waals surface area contributed by atoms with Crippen LogP contribution >= 0.6 is 0 Å². The van der Waals surface area contributed by atoms with Crippen molar-refractivity contribution in [1.29, 1.82) is 0 Å². The number of hydrogen-bond donors (Lipinski definition) is 3. The second-order valence-corrected chi connectivity index (χ2v) is 3.42. The molecule has 0 atom stereocenters. The average Bonchev–Trinajstić information content (AvgIpc) is 2.81. The zero-order chi connectivity index (χ0) is 13.0. The van der Waals surface area contributed by atoms with Gasteiger partial charge in [0.2, 0.25) is 5.82 Å². The molecule has 18 heavy (non-hydrogen) atoms. The van der Waals surface area contributed by atoms with Gasteiger partial charge in [-0.3, -0.25) is 5.10 Å². The Balaban J connectivity index is 2.06. The Morgan fingerprint density at radius 1 is 1.61 bits per heavy atom. The van der Waals surface area contributed by atoms with Gasteiger partial charge >= 0.3 is 5.97 Å². The molecule has 0 aliphatic carbocycles. The summed E-state index contributed by atoms with van der Waals surface area (Å²) < 4.78 is 4.53. The molecule has 8 nitrogen and oxygen atoms in total. The highest BCUT2D eigenvalue weighted by Crippen LogP contribution is 2.09. The summed E-state index contributed by atoms with van der Waals surface area (Å²) in [4.78, 5) is 19.1. The van der Waals surface area contributed by atoms with Gasteiger partial charge in [-0.2, -0.15) is 5.10 Å². The van der Waals surface area contributed by atoms with Crippen LogP contribution in [-0.4, -0.2) is 33.2 Å². The van der Waals surface area contributed by atoms with Crippen LogP contribution in [0.5, 0.6) is 0 Å². The number of nitrogens with zero attached hydrogens (tertiary/aromatic N) is 3. The van der Waals surface area contributed by atoms with E-state index in [1.54, 1.807) is 12.3 Å². The lowest BCUT2D eigenvalue weighted by Gasteiger charge is -2.05. The molecular formula is C10H12N6O2. The number of H-pyrrole nitrogens is 1. The quantitative estimate of drug-likeness (QED) is 0.660. The van der Waals surface area contributed by atoms with Gasteiger partial charge in [0.25, 0.3) is 0 Å². The number of esters is 1. The van der Waals surface area contributed by atoms with E-state index >= 15 is 0 Å². The molecule has 2 heterocycles. The Kier molecular flexibility index (Phi) is 3.37. The molecule has 0 aliphatic rings. The van der Waals surface area contributed by atoms with Crippen LogP contribution in [0.1, 0.15) is 16.2 Å². The van der Waals surface area contributed by atoms with Crippen LogP contribution in [0.3, 0.4) is 0 Å². The Morgan fingerprint density at radius 2 is 2.44 bits per heavy atom. The molecule has 2 aromatic rings. The number of hydrogen-bond acceptors (Lipinski definition) is 7. The van der Waals surface area contributed by atoms with Gasteiger partial charge in [-0.15, -0.1) is 0 Å². The van der Waals surface area contributed by atoms with E-state index in [4.69, 9.17) is 5.73 Å². The molecule has 8 heteroatoms. The third kappa shape index (κ3) is 2.54. The maximum absolute atomic E-state index is 11.2. The molecule has 0 fully saturated rings. The summed E-state index contributed by atoms with van der Waals surface area (Å²) in [5.41, 5.74) is 6.45. The monoisotopic (exact) mass is 248 g/mol. The lowest BCUT2D eigenvalue weighted by Crippen LogP contribution is -2.10. The van der Waals surface area contributed by atoms with Crippen LogP contribution in [0.2, 0.25) is 0 Å². The number of nitrogens with two attached hydrogens (primary N) is 1. The van der Waals surface area contributed by atoms with E-state index in [2.05, 4.69) is 30.2 Å². The summed E-state index contributed by atoms with van der Waals surface area (Å²) >= 11 is 0. The van der Waals surface area contributed by atoms with Crippen LogP contribution in [0.4, 0.5) is 11.6 Å². The van der Waals surface area contributed by atoms with E-state index < -0.39 is 5.97 Å². The van der Waals surface area contributed by atoms with Crippen molar-refractivity contribution in [2.24, 2.45) is 0 Å². The lowest BCUT2D eigenvalue weighted by molar-refractivity contribution is 0.0587. The maximum atomic E-state index is 11.2. The van der Waals surface area contributed by atoms with Crippen molar-refractivity contribution >= 4 is 17.6 Å². The number of rotatable bonds is 4. The highest BCUT2D eigenvalue weighted by Gasteiger charge is 2.09. The van der Waals surface area contributed by atoms with Crippen LogP contribution in [-0.2, 0) is 11.3 Å². The number of aromatic amines is 1. The van der Waals surface area contributed by atoms with Gasteiger partial charge in [0.1, 0.15) is 11.6 Å². The molecule has 2 rings (SSSR count). The Bertz CT molecular complexity index is 553. The summed E-state index contributed by atoms with van der Waals surface area (Å²) in [6.45, 7) is 0.444. The number of ether oxygens (including phenoxy) is 1. The van der Waals surface area contributed by atoms with Crippen LogP contribution < -0.4 is 11.1 Å². The number of anilines is 2. The van der Waals surface area contributed by atoms with Gasteiger partial charge in [-0.1, -0.05) is 0 Å². The fourth-order valence-corrected chi connectivity index (χ4v) is 1.29. The van der Waals surface area contributed by atoms with Gasteiger partial charge in [-0.25, -0.2) is 14.8 Å². The first-order valence-corrected chi connectivity index (χ1v) is 5.13. The van der Waals surface area contributed by atoms with Crippen LogP contribution in [0.25, 0.3) is 0 Å². The van der Waals surface area contributed by atoms with E-state index in [1.165, 1.54) is 13.3 Å². The van der Waals surface area contributed by atoms with E-state index in [0.717, 1.165) is 5.56 Å². The van der Waals surface area contributed by atoms with Crippen molar-refractivity contribution in [1.82, 2.24) is 20.2 Å². The van der Waals surface area contributed by atoms with Crippen molar-refractivity contribution in [3.63, 3.8) is 0 Å².